The Labute approximate surface area is 153 Å². The summed E-state index contributed by atoms with van der Waals surface area (Å²) in [6.07, 6.45) is 8.47. The van der Waals surface area contributed by atoms with Gasteiger partial charge in [0.05, 0.1) is 0 Å². The van der Waals surface area contributed by atoms with Gasteiger partial charge in [0.25, 0.3) is 5.91 Å². The summed E-state index contributed by atoms with van der Waals surface area (Å²) in [6, 6.07) is 9.71. The lowest BCUT2D eigenvalue weighted by Gasteiger charge is -2.23. The van der Waals surface area contributed by atoms with E-state index in [1.54, 1.807) is 24.5 Å². The van der Waals surface area contributed by atoms with E-state index < -0.39 is 0 Å². The number of carbonyl (C=O) groups is 1. The predicted octanol–water partition coefficient (Wildman–Crippen LogP) is 4.77. The van der Waals surface area contributed by atoms with Gasteiger partial charge in [-0.2, -0.15) is 0 Å². The maximum atomic E-state index is 12.5. The number of fused-ring (bicyclic) bond motifs is 1. The number of pyridine rings is 1. The molecule has 1 aliphatic heterocycles. The van der Waals surface area contributed by atoms with Gasteiger partial charge in [-0.3, -0.25) is 9.78 Å². The third kappa shape index (κ3) is 3.43. The average molecular weight is 349 g/mol. The van der Waals surface area contributed by atoms with Gasteiger partial charge >= 0.3 is 0 Å². The number of anilines is 2. The summed E-state index contributed by atoms with van der Waals surface area (Å²) in [5.74, 6) is 0.0517. The molecule has 1 aliphatic rings. The molecule has 0 spiro atoms. The lowest BCUT2D eigenvalue weighted by atomic mass is 10.1. The van der Waals surface area contributed by atoms with Crippen molar-refractivity contribution in [3.8, 4) is 0 Å². The van der Waals surface area contributed by atoms with E-state index in [1.807, 2.05) is 13.0 Å². The molecule has 134 valence electrons. The molecule has 1 saturated heterocycles. The minimum absolute atomic E-state index is 0.244. The molecule has 1 N–H and O–H groups in total. The van der Waals surface area contributed by atoms with Crippen LogP contribution in [0.5, 0.6) is 0 Å². The van der Waals surface area contributed by atoms with Crippen LogP contribution in [0.1, 0.15) is 41.8 Å². The average Bonchev–Trinajstić information content (AvgIpc) is 2.90. The number of benzene rings is 1. The van der Waals surface area contributed by atoms with Crippen molar-refractivity contribution in [3.63, 3.8) is 0 Å². The molecule has 5 heteroatoms. The number of aryl methyl sites for hydroxylation is 1. The molecule has 26 heavy (non-hydrogen) atoms. The number of rotatable bonds is 3. The first kappa shape index (κ1) is 16.6. The van der Waals surface area contributed by atoms with Crippen molar-refractivity contribution in [3.05, 3.63) is 54.0 Å². The number of nitrogens with one attached hydrogen (secondary N) is 1. The van der Waals surface area contributed by atoms with E-state index in [2.05, 4.69) is 27.3 Å². The van der Waals surface area contributed by atoms with Crippen LogP contribution < -0.4 is 10.2 Å². The normalized spacial score (nSPS) is 15.0. The first-order valence-electron chi connectivity index (χ1n) is 9.21. The Morgan fingerprint density at radius 1 is 1.12 bits per heavy atom. The Morgan fingerprint density at radius 3 is 2.65 bits per heavy atom. The molecule has 0 unspecified atom stereocenters. The van der Waals surface area contributed by atoms with Crippen molar-refractivity contribution in [2.45, 2.75) is 32.6 Å². The van der Waals surface area contributed by atoms with Crippen molar-refractivity contribution in [1.82, 2.24) is 4.98 Å². The summed E-state index contributed by atoms with van der Waals surface area (Å²) >= 11 is 0. The van der Waals surface area contributed by atoms with Crippen LogP contribution >= 0.6 is 0 Å². The van der Waals surface area contributed by atoms with Crippen LogP contribution in [0, 0.1) is 6.92 Å². The van der Waals surface area contributed by atoms with E-state index in [4.69, 9.17) is 4.42 Å². The summed E-state index contributed by atoms with van der Waals surface area (Å²) in [7, 11) is 0. The fourth-order valence-corrected chi connectivity index (χ4v) is 3.49. The van der Waals surface area contributed by atoms with Crippen LogP contribution in [0.4, 0.5) is 11.4 Å². The minimum Gasteiger partial charge on any atom is -0.451 e. The minimum atomic E-state index is -0.244. The van der Waals surface area contributed by atoms with Gasteiger partial charge in [-0.1, -0.05) is 12.8 Å². The van der Waals surface area contributed by atoms with Crippen molar-refractivity contribution < 1.29 is 9.21 Å². The zero-order valence-electron chi connectivity index (χ0n) is 15.0. The fourth-order valence-electron chi connectivity index (χ4n) is 3.49. The Hall–Kier alpha value is -2.82. The van der Waals surface area contributed by atoms with E-state index in [1.165, 1.54) is 31.4 Å². The zero-order valence-corrected chi connectivity index (χ0v) is 15.0. The monoisotopic (exact) mass is 349 g/mol. The maximum absolute atomic E-state index is 12.5. The van der Waals surface area contributed by atoms with Crippen LogP contribution in [0.25, 0.3) is 11.0 Å². The molecule has 1 amide bonds. The molecule has 2 aromatic heterocycles. The van der Waals surface area contributed by atoms with Crippen molar-refractivity contribution in [2.24, 2.45) is 0 Å². The van der Waals surface area contributed by atoms with Gasteiger partial charge < -0.3 is 14.6 Å². The summed E-state index contributed by atoms with van der Waals surface area (Å²) in [6.45, 7) is 4.25. The van der Waals surface area contributed by atoms with Crippen LogP contribution in [0.3, 0.4) is 0 Å². The van der Waals surface area contributed by atoms with Crippen LogP contribution in [-0.4, -0.2) is 24.0 Å². The third-order valence-corrected chi connectivity index (χ3v) is 4.97. The molecule has 1 aromatic carbocycles. The van der Waals surface area contributed by atoms with Crippen LogP contribution in [-0.2, 0) is 0 Å². The lowest BCUT2D eigenvalue weighted by Crippen LogP contribution is -2.24. The smallest absolute Gasteiger partial charge is 0.291 e. The van der Waals surface area contributed by atoms with Gasteiger partial charge in [-0.25, -0.2) is 0 Å². The molecule has 0 bridgehead atoms. The highest BCUT2D eigenvalue weighted by Crippen LogP contribution is 2.26. The number of amides is 1. The third-order valence-electron chi connectivity index (χ3n) is 4.97. The van der Waals surface area contributed by atoms with Crippen molar-refractivity contribution >= 4 is 28.3 Å². The topological polar surface area (TPSA) is 58.4 Å². The van der Waals surface area contributed by atoms with E-state index in [-0.39, 0.29) is 5.91 Å². The second kappa shape index (κ2) is 7.20. The molecule has 0 aliphatic carbocycles. The number of carbonyl (C=O) groups excluding carboxylic acids is 1. The van der Waals surface area contributed by atoms with Gasteiger partial charge in [0.15, 0.2) is 5.76 Å². The number of hydrogen-bond acceptors (Lipinski definition) is 4. The lowest BCUT2D eigenvalue weighted by molar-refractivity contribution is 0.0998. The summed E-state index contributed by atoms with van der Waals surface area (Å²) < 4.78 is 5.61. The molecule has 3 heterocycles. The molecule has 1 fully saturated rings. The number of nitrogens with zero attached hydrogens (tertiary/aromatic N) is 2. The second-order valence-corrected chi connectivity index (χ2v) is 6.88. The Kier molecular flexibility index (Phi) is 4.61. The molecule has 4 rings (SSSR count). The highest BCUT2D eigenvalue weighted by Gasteiger charge is 2.15. The number of furan rings is 1. The largest absolute Gasteiger partial charge is 0.451 e. The van der Waals surface area contributed by atoms with Gasteiger partial charge in [0, 0.05) is 42.2 Å². The molecular formula is C21H23N3O2. The second-order valence-electron chi connectivity index (χ2n) is 6.88. The quantitative estimate of drug-likeness (QED) is 0.740. The SMILES string of the molecule is Cc1cc(N2CCCCCC2)ccc1NC(=O)c1cc2cnccc2o1. The highest BCUT2D eigenvalue weighted by molar-refractivity contribution is 6.05. The fraction of sp³-hybridized carbons (Fsp3) is 0.333. The van der Waals surface area contributed by atoms with E-state index in [0.29, 0.717) is 11.3 Å². The molecule has 0 saturated carbocycles. The van der Waals surface area contributed by atoms with Gasteiger partial charge in [0.2, 0.25) is 0 Å². The van der Waals surface area contributed by atoms with Crippen molar-refractivity contribution in [2.75, 3.05) is 23.3 Å². The van der Waals surface area contributed by atoms with Crippen LogP contribution in [0.2, 0.25) is 0 Å². The van der Waals surface area contributed by atoms with Gasteiger partial charge in [-0.05, 0) is 55.7 Å². The molecular weight excluding hydrogens is 326 g/mol. The summed E-state index contributed by atoms with van der Waals surface area (Å²) in [5.41, 5.74) is 3.76. The molecule has 0 radical (unpaired) electrons. The summed E-state index contributed by atoms with van der Waals surface area (Å²) in [5, 5.41) is 3.78. The zero-order chi connectivity index (χ0) is 17.9. The maximum Gasteiger partial charge on any atom is 0.291 e. The standard InChI is InChI=1S/C21H23N3O2/c1-15-12-17(24-10-4-2-3-5-11-24)6-7-18(15)23-21(25)20-13-16-14-22-9-8-19(16)26-20/h6-9,12-14H,2-5,10-11H2,1H3,(H,23,25). The Balaban J connectivity index is 1.51. The first-order valence-corrected chi connectivity index (χ1v) is 9.21. The highest BCUT2D eigenvalue weighted by atomic mass is 16.3. The van der Waals surface area contributed by atoms with Gasteiger partial charge in [0.1, 0.15) is 5.58 Å². The van der Waals surface area contributed by atoms with Crippen molar-refractivity contribution in [1.29, 1.82) is 0 Å². The van der Waals surface area contributed by atoms with E-state index in [0.717, 1.165) is 29.7 Å². The molecule has 0 atom stereocenters. The Bertz CT molecular complexity index is 891. The van der Waals surface area contributed by atoms with Gasteiger partial charge in [-0.15, -0.1) is 0 Å². The van der Waals surface area contributed by atoms with E-state index >= 15 is 0 Å². The molecule has 5 nitrogen and oxygen atoms in total. The Morgan fingerprint density at radius 2 is 1.92 bits per heavy atom. The van der Waals surface area contributed by atoms with Crippen LogP contribution in [0.15, 0.2) is 47.1 Å². The molecule has 3 aromatic rings. The number of hydrogen-bond donors (Lipinski definition) is 1. The summed E-state index contributed by atoms with van der Waals surface area (Å²) in [4.78, 5) is 19.0. The predicted molar refractivity (Wildman–Crippen MR) is 104 cm³/mol. The van der Waals surface area contributed by atoms with E-state index in [9.17, 15) is 4.79 Å². The first-order chi connectivity index (χ1) is 12.7. The number of aromatic nitrogens is 1.